The van der Waals surface area contributed by atoms with Crippen molar-refractivity contribution >= 4 is 49.8 Å². The molecule has 0 aliphatic heterocycles. The highest BCUT2D eigenvalue weighted by molar-refractivity contribution is 7.99. The van der Waals surface area contributed by atoms with Gasteiger partial charge in [-0.3, -0.25) is 4.72 Å². The molecule has 29 heavy (non-hydrogen) atoms. The normalized spacial score (nSPS) is 11.5. The molecular formula is C22H16ClNO3S2. The molecule has 4 aromatic rings. The summed E-state index contributed by atoms with van der Waals surface area (Å²) in [5.74, 6) is 0.107. The van der Waals surface area contributed by atoms with Gasteiger partial charge in [0.15, 0.2) is 0 Å². The van der Waals surface area contributed by atoms with Crippen LogP contribution in [0.15, 0.2) is 99.6 Å². The van der Waals surface area contributed by atoms with Crippen LogP contribution in [0.25, 0.3) is 10.8 Å². The molecule has 7 heteroatoms. The maximum Gasteiger partial charge on any atom is 0.263 e. The van der Waals surface area contributed by atoms with Crippen LogP contribution >= 0.6 is 23.4 Å². The summed E-state index contributed by atoms with van der Waals surface area (Å²) in [7, 11) is -3.91. The molecule has 0 unspecified atom stereocenters. The second-order valence-corrected chi connectivity index (χ2v) is 9.44. The van der Waals surface area contributed by atoms with E-state index in [1.165, 1.54) is 23.9 Å². The fraction of sp³-hybridized carbons (Fsp3) is 0. The van der Waals surface area contributed by atoms with Crippen molar-refractivity contribution in [1.29, 1.82) is 0 Å². The Labute approximate surface area is 178 Å². The van der Waals surface area contributed by atoms with Gasteiger partial charge in [0.2, 0.25) is 0 Å². The molecule has 0 spiro atoms. The molecule has 0 amide bonds. The van der Waals surface area contributed by atoms with Crippen molar-refractivity contribution in [3.63, 3.8) is 0 Å². The first kappa shape index (κ1) is 19.6. The molecule has 4 rings (SSSR count). The van der Waals surface area contributed by atoms with Crippen LogP contribution in [-0.4, -0.2) is 13.5 Å². The van der Waals surface area contributed by atoms with Gasteiger partial charge in [0.25, 0.3) is 10.0 Å². The van der Waals surface area contributed by atoms with E-state index < -0.39 is 10.0 Å². The van der Waals surface area contributed by atoms with E-state index in [4.69, 9.17) is 11.6 Å². The Kier molecular flexibility index (Phi) is 5.41. The SMILES string of the molecule is O=S(=O)(Nc1cc(Sc2ccccc2)c(O)c2ccccc12)c1ccccc1Cl. The summed E-state index contributed by atoms with van der Waals surface area (Å²) in [6.07, 6.45) is 0. The predicted molar refractivity (Wildman–Crippen MR) is 118 cm³/mol. The minimum atomic E-state index is -3.91. The number of phenols is 1. The Morgan fingerprint density at radius 3 is 2.17 bits per heavy atom. The summed E-state index contributed by atoms with van der Waals surface area (Å²) in [4.78, 5) is 1.47. The zero-order valence-corrected chi connectivity index (χ0v) is 17.4. The van der Waals surface area contributed by atoms with Crippen LogP contribution in [0, 0.1) is 0 Å². The van der Waals surface area contributed by atoms with Gasteiger partial charge >= 0.3 is 0 Å². The van der Waals surface area contributed by atoms with Gasteiger partial charge in [-0.2, -0.15) is 0 Å². The summed E-state index contributed by atoms with van der Waals surface area (Å²) < 4.78 is 28.5. The second kappa shape index (κ2) is 7.99. The van der Waals surface area contributed by atoms with Gasteiger partial charge in [-0.25, -0.2) is 8.42 Å². The minimum Gasteiger partial charge on any atom is -0.506 e. The highest BCUT2D eigenvalue weighted by Crippen LogP contribution is 2.43. The van der Waals surface area contributed by atoms with E-state index in [-0.39, 0.29) is 15.7 Å². The predicted octanol–water partition coefficient (Wildman–Crippen LogP) is 6.15. The highest BCUT2D eigenvalue weighted by atomic mass is 35.5. The van der Waals surface area contributed by atoms with Crippen LogP contribution in [-0.2, 0) is 10.0 Å². The second-order valence-electron chi connectivity index (χ2n) is 6.27. The summed E-state index contributed by atoms with van der Waals surface area (Å²) in [5, 5.41) is 12.1. The first-order chi connectivity index (χ1) is 14.0. The van der Waals surface area contributed by atoms with Crippen LogP contribution < -0.4 is 4.72 Å². The molecule has 4 nitrogen and oxygen atoms in total. The molecule has 0 aliphatic carbocycles. The van der Waals surface area contributed by atoms with Gasteiger partial charge in [-0.15, -0.1) is 0 Å². The first-order valence-electron chi connectivity index (χ1n) is 8.71. The molecule has 0 saturated heterocycles. The van der Waals surface area contributed by atoms with E-state index >= 15 is 0 Å². The van der Waals surface area contributed by atoms with Gasteiger partial charge in [0.1, 0.15) is 10.6 Å². The summed E-state index contributed by atoms with van der Waals surface area (Å²) in [6, 6.07) is 24.6. The molecule has 2 N–H and O–H groups in total. The van der Waals surface area contributed by atoms with Crippen molar-refractivity contribution in [2.75, 3.05) is 4.72 Å². The van der Waals surface area contributed by atoms with Crippen molar-refractivity contribution in [3.05, 3.63) is 90.0 Å². The van der Waals surface area contributed by atoms with Crippen LogP contribution in [0.4, 0.5) is 5.69 Å². The van der Waals surface area contributed by atoms with Gasteiger partial charge in [-0.1, -0.05) is 78.0 Å². The van der Waals surface area contributed by atoms with E-state index in [0.29, 0.717) is 21.4 Å². The molecule has 0 heterocycles. The third kappa shape index (κ3) is 4.05. The third-order valence-corrected chi connectivity index (χ3v) is 7.23. The zero-order valence-electron chi connectivity index (χ0n) is 15.0. The molecule has 0 atom stereocenters. The lowest BCUT2D eigenvalue weighted by molar-refractivity contribution is 0.469. The number of rotatable bonds is 5. The maximum atomic E-state index is 13.0. The number of halogens is 1. The zero-order chi connectivity index (χ0) is 20.4. The van der Waals surface area contributed by atoms with Gasteiger partial charge < -0.3 is 5.11 Å². The smallest absolute Gasteiger partial charge is 0.263 e. The van der Waals surface area contributed by atoms with Crippen LogP contribution in [0.1, 0.15) is 0 Å². The molecule has 0 aromatic heterocycles. The van der Waals surface area contributed by atoms with E-state index in [2.05, 4.69) is 4.72 Å². The highest BCUT2D eigenvalue weighted by Gasteiger charge is 2.20. The number of hydrogen-bond acceptors (Lipinski definition) is 4. The maximum absolute atomic E-state index is 13.0. The van der Waals surface area contributed by atoms with Crippen LogP contribution in [0.5, 0.6) is 5.75 Å². The molecule has 0 aliphatic rings. The number of phenolic OH excluding ortho intramolecular Hbond substituents is 1. The third-order valence-electron chi connectivity index (χ3n) is 4.32. The number of benzene rings is 4. The Bertz CT molecular complexity index is 1290. The Balaban J connectivity index is 1.83. The lowest BCUT2D eigenvalue weighted by Crippen LogP contribution is -2.13. The van der Waals surface area contributed by atoms with Crippen LogP contribution in [0.3, 0.4) is 0 Å². The monoisotopic (exact) mass is 441 g/mol. The minimum absolute atomic E-state index is 0.00362. The average Bonchev–Trinajstić information content (AvgIpc) is 2.72. The molecular weight excluding hydrogens is 426 g/mol. The van der Waals surface area contributed by atoms with Gasteiger partial charge in [-0.05, 0) is 30.3 Å². The Morgan fingerprint density at radius 2 is 1.45 bits per heavy atom. The number of fused-ring (bicyclic) bond motifs is 1. The molecule has 4 aromatic carbocycles. The number of aromatic hydroxyl groups is 1. The number of sulfonamides is 1. The number of anilines is 1. The molecule has 0 radical (unpaired) electrons. The van der Waals surface area contributed by atoms with Crippen molar-refractivity contribution in [1.82, 2.24) is 0 Å². The number of nitrogens with one attached hydrogen (secondary N) is 1. The van der Waals surface area contributed by atoms with Crippen molar-refractivity contribution in [3.8, 4) is 5.75 Å². The van der Waals surface area contributed by atoms with E-state index in [1.54, 1.807) is 42.5 Å². The fourth-order valence-electron chi connectivity index (χ4n) is 2.97. The molecule has 0 bridgehead atoms. The average molecular weight is 442 g/mol. The summed E-state index contributed by atoms with van der Waals surface area (Å²) in [5.41, 5.74) is 0.372. The Morgan fingerprint density at radius 1 is 0.828 bits per heavy atom. The van der Waals surface area contributed by atoms with Crippen molar-refractivity contribution in [2.45, 2.75) is 14.7 Å². The van der Waals surface area contributed by atoms with Gasteiger partial charge in [0, 0.05) is 15.7 Å². The Hall–Kier alpha value is -2.67. The van der Waals surface area contributed by atoms with Crippen molar-refractivity contribution < 1.29 is 13.5 Å². The summed E-state index contributed by atoms with van der Waals surface area (Å²) in [6.45, 7) is 0. The summed E-state index contributed by atoms with van der Waals surface area (Å²) >= 11 is 7.45. The van der Waals surface area contributed by atoms with Gasteiger partial charge in [0.05, 0.1) is 15.6 Å². The van der Waals surface area contributed by atoms with E-state index in [0.717, 1.165) is 4.90 Å². The molecule has 146 valence electrons. The first-order valence-corrected chi connectivity index (χ1v) is 11.4. The van der Waals surface area contributed by atoms with Crippen molar-refractivity contribution in [2.24, 2.45) is 0 Å². The lowest BCUT2D eigenvalue weighted by atomic mass is 10.1. The molecule has 0 saturated carbocycles. The topological polar surface area (TPSA) is 66.4 Å². The molecule has 0 fully saturated rings. The van der Waals surface area contributed by atoms with E-state index in [9.17, 15) is 13.5 Å². The lowest BCUT2D eigenvalue weighted by Gasteiger charge is -2.15. The number of hydrogen-bond donors (Lipinski definition) is 2. The fourth-order valence-corrected chi connectivity index (χ4v) is 5.50. The van der Waals surface area contributed by atoms with Crippen LogP contribution in [0.2, 0.25) is 5.02 Å². The largest absolute Gasteiger partial charge is 0.506 e. The standard InChI is InChI=1S/C22H16ClNO3S2/c23-18-12-6-7-13-21(18)29(26,27)24-19-14-20(28-15-8-2-1-3-9-15)22(25)17-11-5-4-10-16(17)19/h1-14,24-25H. The van der Waals surface area contributed by atoms with E-state index in [1.807, 2.05) is 30.3 Å². The quantitative estimate of drug-likeness (QED) is 0.364.